The molecule has 0 radical (unpaired) electrons. The molecule has 4 rings (SSSR count). The highest BCUT2D eigenvalue weighted by Gasteiger charge is 2.28. The van der Waals surface area contributed by atoms with Gasteiger partial charge in [-0.15, -0.1) is 0 Å². The summed E-state index contributed by atoms with van der Waals surface area (Å²) in [6.07, 6.45) is 1.85. The first kappa shape index (κ1) is 16.6. The van der Waals surface area contributed by atoms with E-state index in [-0.39, 0.29) is 17.3 Å². The normalized spacial score (nSPS) is 15.3. The molecule has 0 saturated carbocycles. The fraction of sp³-hybridized carbons (Fsp3) is 0.421. The quantitative estimate of drug-likeness (QED) is 0.711. The van der Waals surface area contributed by atoms with Crippen LogP contribution in [0.25, 0.3) is 11.2 Å². The summed E-state index contributed by atoms with van der Waals surface area (Å²) in [5, 5.41) is 0. The van der Waals surface area contributed by atoms with Crippen LogP contribution in [0.2, 0.25) is 0 Å². The van der Waals surface area contributed by atoms with Gasteiger partial charge in [0.1, 0.15) is 0 Å². The molecule has 2 aromatic heterocycles. The molecule has 3 aromatic rings. The standard InChI is InChI=1S/C19H23N5O2/c1-13(12-14-8-5-4-6-9-14)23-10-7-11-24-15-16(20-18(23)24)21(2)19(26)22(3)17(15)25/h4-6,8-9,13H,7,10-12H2,1-3H3. The molecule has 0 saturated heterocycles. The molecule has 1 aliphatic heterocycles. The van der Waals surface area contributed by atoms with Crippen LogP contribution >= 0.6 is 0 Å². The van der Waals surface area contributed by atoms with Crippen molar-refractivity contribution in [3.63, 3.8) is 0 Å². The monoisotopic (exact) mass is 353 g/mol. The molecule has 0 aliphatic carbocycles. The van der Waals surface area contributed by atoms with E-state index in [1.807, 2.05) is 22.8 Å². The number of rotatable bonds is 3. The average Bonchev–Trinajstić information content (AvgIpc) is 3.05. The van der Waals surface area contributed by atoms with E-state index >= 15 is 0 Å². The summed E-state index contributed by atoms with van der Waals surface area (Å²) in [5.74, 6) is 0.785. The van der Waals surface area contributed by atoms with Crippen molar-refractivity contribution in [3.8, 4) is 0 Å². The highest BCUT2D eigenvalue weighted by atomic mass is 16.2. The van der Waals surface area contributed by atoms with Gasteiger partial charge in [-0.3, -0.25) is 13.9 Å². The number of hydrogen-bond donors (Lipinski definition) is 0. The van der Waals surface area contributed by atoms with Crippen LogP contribution in [0.4, 0.5) is 5.95 Å². The SMILES string of the molecule is CC(Cc1ccccc1)N1CCCn2c1nc1c2c(=O)n(C)c(=O)n1C. The lowest BCUT2D eigenvalue weighted by Crippen LogP contribution is -2.41. The zero-order chi connectivity index (χ0) is 18.4. The topological polar surface area (TPSA) is 65.1 Å². The summed E-state index contributed by atoms with van der Waals surface area (Å²) in [7, 11) is 3.18. The Morgan fingerprint density at radius 3 is 2.54 bits per heavy atom. The van der Waals surface area contributed by atoms with Crippen molar-refractivity contribution < 1.29 is 0 Å². The Morgan fingerprint density at radius 2 is 1.81 bits per heavy atom. The molecule has 136 valence electrons. The van der Waals surface area contributed by atoms with Gasteiger partial charge in [-0.1, -0.05) is 30.3 Å². The van der Waals surface area contributed by atoms with Crippen LogP contribution in [0.1, 0.15) is 18.9 Å². The average molecular weight is 353 g/mol. The fourth-order valence-corrected chi connectivity index (χ4v) is 3.85. The molecule has 26 heavy (non-hydrogen) atoms. The third-order valence-electron chi connectivity index (χ3n) is 5.27. The molecule has 1 atom stereocenters. The zero-order valence-electron chi connectivity index (χ0n) is 15.3. The van der Waals surface area contributed by atoms with Crippen LogP contribution in [0.15, 0.2) is 39.9 Å². The van der Waals surface area contributed by atoms with Gasteiger partial charge in [0.05, 0.1) is 0 Å². The lowest BCUT2D eigenvalue weighted by molar-refractivity contribution is 0.513. The van der Waals surface area contributed by atoms with Gasteiger partial charge in [0, 0.05) is 33.2 Å². The van der Waals surface area contributed by atoms with E-state index in [2.05, 4.69) is 24.0 Å². The molecular formula is C19H23N5O2. The second-order valence-corrected chi connectivity index (χ2v) is 7.03. The van der Waals surface area contributed by atoms with Gasteiger partial charge in [-0.2, -0.15) is 4.98 Å². The van der Waals surface area contributed by atoms with Gasteiger partial charge in [0.25, 0.3) is 5.56 Å². The smallest absolute Gasteiger partial charge is 0.332 e. The lowest BCUT2D eigenvalue weighted by atomic mass is 10.1. The summed E-state index contributed by atoms with van der Waals surface area (Å²) in [6, 6.07) is 10.6. The molecule has 7 nitrogen and oxygen atoms in total. The van der Waals surface area contributed by atoms with E-state index in [0.29, 0.717) is 11.2 Å². The molecule has 7 heteroatoms. The van der Waals surface area contributed by atoms with Gasteiger partial charge < -0.3 is 9.47 Å². The molecule has 1 unspecified atom stereocenters. The second kappa shape index (κ2) is 6.16. The van der Waals surface area contributed by atoms with Crippen LogP contribution in [0, 0.1) is 0 Å². The van der Waals surface area contributed by atoms with Crippen LogP contribution in [-0.4, -0.2) is 31.3 Å². The minimum Gasteiger partial charge on any atom is -0.339 e. The molecule has 1 aliphatic rings. The van der Waals surface area contributed by atoms with E-state index in [0.717, 1.165) is 36.4 Å². The van der Waals surface area contributed by atoms with E-state index in [1.165, 1.54) is 17.2 Å². The number of hydrogen-bond acceptors (Lipinski definition) is 4. The number of aromatic nitrogens is 4. The first-order valence-electron chi connectivity index (χ1n) is 8.96. The van der Waals surface area contributed by atoms with E-state index in [1.54, 1.807) is 7.05 Å². The Kier molecular flexibility index (Phi) is 3.94. The van der Waals surface area contributed by atoms with Gasteiger partial charge in [0.2, 0.25) is 5.95 Å². The molecular weight excluding hydrogens is 330 g/mol. The number of fused-ring (bicyclic) bond motifs is 3. The van der Waals surface area contributed by atoms with Crippen molar-refractivity contribution in [3.05, 3.63) is 56.7 Å². The maximum absolute atomic E-state index is 12.7. The van der Waals surface area contributed by atoms with E-state index < -0.39 is 0 Å². The van der Waals surface area contributed by atoms with Crippen molar-refractivity contribution in [1.82, 2.24) is 18.7 Å². The summed E-state index contributed by atoms with van der Waals surface area (Å²) >= 11 is 0. The number of benzene rings is 1. The molecule has 0 bridgehead atoms. The third-order valence-corrected chi connectivity index (χ3v) is 5.27. The van der Waals surface area contributed by atoms with Crippen molar-refractivity contribution in [1.29, 1.82) is 0 Å². The Hall–Kier alpha value is -2.83. The van der Waals surface area contributed by atoms with Crippen molar-refractivity contribution in [2.24, 2.45) is 14.1 Å². The zero-order valence-corrected chi connectivity index (χ0v) is 15.3. The van der Waals surface area contributed by atoms with Crippen LogP contribution in [-0.2, 0) is 27.1 Å². The Morgan fingerprint density at radius 1 is 1.08 bits per heavy atom. The minimum atomic E-state index is -0.346. The maximum Gasteiger partial charge on any atom is 0.332 e. The van der Waals surface area contributed by atoms with Crippen molar-refractivity contribution in [2.45, 2.75) is 32.4 Å². The first-order chi connectivity index (χ1) is 12.5. The summed E-state index contributed by atoms with van der Waals surface area (Å²) < 4.78 is 4.59. The Balaban J connectivity index is 1.82. The lowest BCUT2D eigenvalue weighted by Gasteiger charge is -2.34. The summed E-state index contributed by atoms with van der Waals surface area (Å²) in [4.78, 5) is 31.9. The summed E-state index contributed by atoms with van der Waals surface area (Å²) in [5.41, 5.74) is 1.63. The third kappa shape index (κ3) is 2.46. The van der Waals surface area contributed by atoms with E-state index in [4.69, 9.17) is 4.98 Å². The van der Waals surface area contributed by atoms with Crippen LogP contribution < -0.4 is 16.1 Å². The minimum absolute atomic E-state index is 0.245. The molecule has 1 aromatic carbocycles. The molecule has 0 spiro atoms. The van der Waals surface area contributed by atoms with Gasteiger partial charge >= 0.3 is 5.69 Å². The Labute approximate surface area is 151 Å². The number of anilines is 1. The molecule has 0 amide bonds. The molecule has 0 fully saturated rings. The highest BCUT2D eigenvalue weighted by Crippen LogP contribution is 2.26. The maximum atomic E-state index is 12.7. The summed E-state index contributed by atoms with van der Waals surface area (Å²) in [6.45, 7) is 3.82. The van der Waals surface area contributed by atoms with E-state index in [9.17, 15) is 9.59 Å². The van der Waals surface area contributed by atoms with Gasteiger partial charge in [-0.05, 0) is 25.3 Å². The van der Waals surface area contributed by atoms with Gasteiger partial charge in [-0.25, -0.2) is 4.79 Å². The second-order valence-electron chi connectivity index (χ2n) is 7.03. The number of aryl methyl sites for hydroxylation is 2. The molecule has 0 N–H and O–H groups in total. The predicted molar refractivity (Wildman–Crippen MR) is 102 cm³/mol. The first-order valence-corrected chi connectivity index (χ1v) is 8.96. The van der Waals surface area contributed by atoms with Crippen LogP contribution in [0.3, 0.4) is 0 Å². The van der Waals surface area contributed by atoms with Crippen molar-refractivity contribution in [2.75, 3.05) is 11.4 Å². The fourth-order valence-electron chi connectivity index (χ4n) is 3.85. The largest absolute Gasteiger partial charge is 0.339 e. The number of nitrogens with zero attached hydrogens (tertiary/aromatic N) is 5. The van der Waals surface area contributed by atoms with Gasteiger partial charge in [0.15, 0.2) is 11.2 Å². The number of imidazole rings is 1. The van der Waals surface area contributed by atoms with Crippen LogP contribution in [0.5, 0.6) is 0 Å². The highest BCUT2D eigenvalue weighted by molar-refractivity contribution is 5.75. The molecule has 3 heterocycles. The Bertz CT molecular complexity index is 1080. The van der Waals surface area contributed by atoms with Crippen molar-refractivity contribution >= 4 is 17.1 Å². The predicted octanol–water partition coefficient (Wildman–Crippen LogP) is 1.27.